The molecular weight excluding hydrogens is 204 g/mol. The molecule has 1 amide bonds. The Balaban J connectivity index is 2.54. The summed E-state index contributed by atoms with van der Waals surface area (Å²) in [5.74, 6) is -0.106. The van der Waals surface area contributed by atoms with Crippen LogP contribution in [0.15, 0.2) is 30.6 Å². The van der Waals surface area contributed by atoms with Gasteiger partial charge in [0.15, 0.2) is 0 Å². The fourth-order valence-electron chi connectivity index (χ4n) is 2.12. The zero-order chi connectivity index (χ0) is 11.3. The summed E-state index contributed by atoms with van der Waals surface area (Å²) in [4.78, 5) is 11.8. The molecule has 0 saturated carbocycles. The fourth-order valence-corrected chi connectivity index (χ4v) is 2.12. The van der Waals surface area contributed by atoms with Gasteiger partial charge in [-0.2, -0.15) is 0 Å². The van der Waals surface area contributed by atoms with Crippen molar-refractivity contribution in [2.75, 3.05) is 0 Å². The van der Waals surface area contributed by atoms with Crippen LogP contribution < -0.4 is 5.32 Å². The van der Waals surface area contributed by atoms with Crippen LogP contribution in [0, 0.1) is 0 Å². The van der Waals surface area contributed by atoms with Crippen LogP contribution in [0.5, 0.6) is 0 Å². The second kappa shape index (κ2) is 2.88. The molecule has 2 aromatic rings. The minimum absolute atomic E-state index is 0.0869. The van der Waals surface area contributed by atoms with E-state index >= 15 is 0 Å². The Labute approximate surface area is 91.8 Å². The van der Waals surface area contributed by atoms with Crippen LogP contribution in [-0.4, -0.2) is 15.6 Å². The highest BCUT2D eigenvalue weighted by atomic mass is 16.3. The zero-order valence-electron chi connectivity index (χ0n) is 8.69. The molecule has 16 heavy (non-hydrogen) atoms. The summed E-state index contributed by atoms with van der Waals surface area (Å²) >= 11 is 0. The van der Waals surface area contributed by atoms with Gasteiger partial charge in [0.05, 0.1) is 0 Å². The van der Waals surface area contributed by atoms with Crippen molar-refractivity contribution in [1.82, 2.24) is 9.88 Å². The lowest BCUT2D eigenvalue weighted by Crippen LogP contribution is -2.16. The largest absolute Gasteiger partial charge is 0.506 e. The summed E-state index contributed by atoms with van der Waals surface area (Å²) in [6.07, 6.45) is 3.15. The van der Waals surface area contributed by atoms with E-state index in [4.69, 9.17) is 0 Å². The lowest BCUT2D eigenvalue weighted by Gasteiger charge is -2.01. The predicted octanol–water partition coefficient (Wildman–Crippen LogP) is 1.78. The number of aryl methyl sites for hydroxylation is 1. The van der Waals surface area contributed by atoms with E-state index in [1.54, 1.807) is 6.07 Å². The molecule has 4 heteroatoms. The molecule has 3 rings (SSSR count). The Bertz CT molecular complexity index is 638. The Kier molecular flexibility index (Phi) is 1.63. The standard InChI is InChI=1S/C12H10N2O2/c1-14-6-8-10(15)5-13-12(16)7-3-2-4-9(14)11(7)8/h2-6,15H,1H3,(H,13,16). The maximum absolute atomic E-state index is 11.8. The molecule has 1 aliphatic heterocycles. The first-order valence-corrected chi connectivity index (χ1v) is 4.97. The minimum Gasteiger partial charge on any atom is -0.506 e. The van der Waals surface area contributed by atoms with Crippen molar-refractivity contribution in [2.24, 2.45) is 7.05 Å². The molecule has 80 valence electrons. The molecule has 0 radical (unpaired) electrons. The molecule has 0 unspecified atom stereocenters. The normalized spacial score (nSPS) is 14.6. The number of benzene rings is 1. The summed E-state index contributed by atoms with van der Waals surface area (Å²) in [5, 5.41) is 13.2. The van der Waals surface area contributed by atoms with Crippen molar-refractivity contribution < 1.29 is 9.90 Å². The van der Waals surface area contributed by atoms with Gasteiger partial charge in [-0.1, -0.05) is 6.07 Å². The molecule has 2 heterocycles. The van der Waals surface area contributed by atoms with Gasteiger partial charge in [0.2, 0.25) is 0 Å². The third-order valence-electron chi connectivity index (χ3n) is 2.88. The molecule has 0 bridgehead atoms. The summed E-state index contributed by atoms with van der Waals surface area (Å²) in [6.45, 7) is 0. The first-order valence-electron chi connectivity index (χ1n) is 4.97. The summed E-state index contributed by atoms with van der Waals surface area (Å²) < 4.78 is 1.90. The van der Waals surface area contributed by atoms with E-state index in [-0.39, 0.29) is 11.7 Å². The van der Waals surface area contributed by atoms with E-state index in [0.29, 0.717) is 11.1 Å². The fraction of sp³-hybridized carbons (Fsp3) is 0.0833. The topological polar surface area (TPSA) is 54.3 Å². The van der Waals surface area contributed by atoms with Crippen LogP contribution in [0.2, 0.25) is 0 Å². The molecule has 0 fully saturated rings. The summed E-state index contributed by atoms with van der Waals surface area (Å²) in [6, 6.07) is 5.52. The van der Waals surface area contributed by atoms with Crippen LogP contribution in [0.1, 0.15) is 15.9 Å². The van der Waals surface area contributed by atoms with Crippen LogP contribution in [0.4, 0.5) is 0 Å². The first kappa shape index (κ1) is 9.03. The number of hydrogen-bond donors (Lipinski definition) is 2. The molecule has 0 aliphatic carbocycles. The molecule has 1 aromatic heterocycles. The Morgan fingerprint density at radius 1 is 1.31 bits per heavy atom. The van der Waals surface area contributed by atoms with Gasteiger partial charge in [-0.25, -0.2) is 0 Å². The molecule has 0 spiro atoms. The molecule has 2 N–H and O–H groups in total. The Morgan fingerprint density at radius 3 is 2.94 bits per heavy atom. The summed E-state index contributed by atoms with van der Waals surface area (Å²) in [7, 11) is 1.89. The van der Waals surface area contributed by atoms with Crippen LogP contribution >= 0.6 is 0 Å². The highest BCUT2D eigenvalue weighted by Crippen LogP contribution is 2.30. The number of hydrogen-bond acceptors (Lipinski definition) is 2. The zero-order valence-corrected chi connectivity index (χ0v) is 8.69. The van der Waals surface area contributed by atoms with Gasteiger partial charge in [-0.3, -0.25) is 4.79 Å². The van der Waals surface area contributed by atoms with Crippen LogP contribution in [-0.2, 0) is 7.05 Å². The van der Waals surface area contributed by atoms with Gasteiger partial charge < -0.3 is 15.0 Å². The number of nitrogens with zero attached hydrogens (tertiary/aromatic N) is 1. The highest BCUT2D eigenvalue weighted by Gasteiger charge is 2.20. The number of nitrogens with one attached hydrogen (secondary N) is 1. The van der Waals surface area contributed by atoms with Crippen molar-refractivity contribution in [3.63, 3.8) is 0 Å². The molecular formula is C12H10N2O2. The Hall–Kier alpha value is -2.23. The maximum atomic E-state index is 11.8. The molecule has 0 atom stereocenters. The van der Waals surface area contributed by atoms with E-state index in [1.807, 2.05) is 29.9 Å². The van der Waals surface area contributed by atoms with Crippen molar-refractivity contribution >= 4 is 22.6 Å². The maximum Gasteiger partial charge on any atom is 0.256 e. The SMILES string of the molecule is Cn1cc2c3c(cccc31)C(=O)NC=C2O. The molecule has 4 nitrogen and oxygen atoms in total. The highest BCUT2D eigenvalue weighted by molar-refractivity contribution is 6.11. The van der Waals surface area contributed by atoms with Gasteiger partial charge in [-0.15, -0.1) is 0 Å². The van der Waals surface area contributed by atoms with E-state index in [0.717, 1.165) is 10.9 Å². The number of amides is 1. The molecule has 0 saturated heterocycles. The summed E-state index contributed by atoms with van der Waals surface area (Å²) in [5.41, 5.74) is 2.21. The third kappa shape index (κ3) is 1.01. The van der Waals surface area contributed by atoms with E-state index in [9.17, 15) is 9.90 Å². The van der Waals surface area contributed by atoms with E-state index < -0.39 is 0 Å². The number of aromatic nitrogens is 1. The van der Waals surface area contributed by atoms with Crippen molar-refractivity contribution in [3.8, 4) is 0 Å². The van der Waals surface area contributed by atoms with E-state index in [2.05, 4.69) is 5.32 Å². The average Bonchev–Trinajstić information content (AvgIpc) is 2.58. The van der Waals surface area contributed by atoms with Crippen molar-refractivity contribution in [3.05, 3.63) is 41.7 Å². The quantitative estimate of drug-likeness (QED) is 0.702. The number of aliphatic hydroxyl groups excluding tert-OH is 1. The average molecular weight is 214 g/mol. The second-order valence-corrected chi connectivity index (χ2v) is 3.86. The smallest absolute Gasteiger partial charge is 0.256 e. The predicted molar refractivity (Wildman–Crippen MR) is 61.0 cm³/mol. The number of aliphatic hydroxyl groups is 1. The van der Waals surface area contributed by atoms with E-state index in [1.165, 1.54) is 6.20 Å². The van der Waals surface area contributed by atoms with Crippen molar-refractivity contribution in [2.45, 2.75) is 0 Å². The number of carbonyl (C=O) groups excluding carboxylic acids is 1. The van der Waals surface area contributed by atoms with Gasteiger partial charge >= 0.3 is 0 Å². The first-order chi connectivity index (χ1) is 7.68. The number of rotatable bonds is 0. The Morgan fingerprint density at radius 2 is 2.12 bits per heavy atom. The van der Waals surface area contributed by atoms with Gasteiger partial charge in [-0.05, 0) is 12.1 Å². The van der Waals surface area contributed by atoms with Crippen LogP contribution in [0.3, 0.4) is 0 Å². The lowest BCUT2D eigenvalue weighted by molar-refractivity contribution is 0.0971. The van der Waals surface area contributed by atoms with Crippen molar-refractivity contribution in [1.29, 1.82) is 0 Å². The second-order valence-electron chi connectivity index (χ2n) is 3.86. The molecule has 1 aromatic carbocycles. The van der Waals surface area contributed by atoms with Crippen LogP contribution in [0.25, 0.3) is 16.7 Å². The van der Waals surface area contributed by atoms with Gasteiger partial charge in [0, 0.05) is 41.5 Å². The number of carbonyl (C=O) groups is 1. The monoisotopic (exact) mass is 214 g/mol. The lowest BCUT2D eigenvalue weighted by atomic mass is 10.1. The minimum atomic E-state index is -0.192. The molecule has 1 aliphatic rings. The van der Waals surface area contributed by atoms with Gasteiger partial charge in [0.1, 0.15) is 5.76 Å². The van der Waals surface area contributed by atoms with Gasteiger partial charge in [0.25, 0.3) is 5.91 Å². The third-order valence-corrected chi connectivity index (χ3v) is 2.88.